The van der Waals surface area contributed by atoms with E-state index < -0.39 is 0 Å². The highest BCUT2D eigenvalue weighted by molar-refractivity contribution is 6.29. The lowest BCUT2D eigenvalue weighted by Gasteiger charge is -1.89. The molecule has 0 heterocycles. The molecule has 0 aliphatic carbocycles. The first kappa shape index (κ1) is 7.70. The zero-order valence-electron chi connectivity index (χ0n) is 5.40. The van der Waals surface area contributed by atoms with Crippen molar-refractivity contribution in [3.05, 3.63) is 10.7 Å². The van der Waals surface area contributed by atoms with Crippen LogP contribution < -0.4 is 0 Å². The van der Waals surface area contributed by atoms with Gasteiger partial charge < -0.3 is 0 Å². The summed E-state index contributed by atoms with van der Waals surface area (Å²) in [5.41, 5.74) is 0.883. The van der Waals surface area contributed by atoms with Crippen molar-refractivity contribution in [3.8, 4) is 0 Å². The molecular formula is C6H10ClN. The molecule has 2 heteroatoms. The third-order valence-electron chi connectivity index (χ3n) is 0.821. The van der Waals surface area contributed by atoms with E-state index in [1.54, 1.807) is 6.21 Å². The highest BCUT2D eigenvalue weighted by Gasteiger charge is 1.84. The largest absolute Gasteiger partial charge is 0.265 e. The maximum atomic E-state index is 5.57. The standard InChI is InChI=1S/C6H10ClN/c1-4-8-6(3)5(2)7/h4H,1-3H3. The quantitative estimate of drug-likeness (QED) is 0.485. The van der Waals surface area contributed by atoms with E-state index in [0.29, 0.717) is 0 Å². The summed E-state index contributed by atoms with van der Waals surface area (Å²) in [7, 11) is 0. The molecule has 46 valence electrons. The van der Waals surface area contributed by atoms with Gasteiger partial charge in [0, 0.05) is 11.2 Å². The Morgan fingerprint density at radius 3 is 2.12 bits per heavy atom. The number of allylic oxidation sites excluding steroid dienone is 2. The molecule has 0 fully saturated rings. The van der Waals surface area contributed by atoms with Gasteiger partial charge in [-0.25, -0.2) is 0 Å². The third-order valence-corrected chi connectivity index (χ3v) is 1.09. The molecular weight excluding hydrogens is 122 g/mol. The van der Waals surface area contributed by atoms with Gasteiger partial charge in [0.2, 0.25) is 0 Å². The Bertz CT molecular complexity index is 120. The van der Waals surface area contributed by atoms with Gasteiger partial charge >= 0.3 is 0 Å². The van der Waals surface area contributed by atoms with Crippen molar-refractivity contribution in [3.63, 3.8) is 0 Å². The third kappa shape index (κ3) is 2.80. The van der Waals surface area contributed by atoms with Crippen molar-refractivity contribution in [2.75, 3.05) is 0 Å². The lowest BCUT2D eigenvalue weighted by Crippen LogP contribution is -1.70. The normalized spacial score (nSPS) is 14.5. The Hall–Kier alpha value is -0.300. The van der Waals surface area contributed by atoms with E-state index in [1.807, 2.05) is 20.8 Å². The number of rotatable bonds is 1. The van der Waals surface area contributed by atoms with Gasteiger partial charge in [-0.3, -0.25) is 4.99 Å². The Balaban J connectivity index is 4.00. The van der Waals surface area contributed by atoms with Crippen LogP contribution in [0.3, 0.4) is 0 Å². The smallest absolute Gasteiger partial charge is 0.0510 e. The second-order valence-corrected chi connectivity index (χ2v) is 2.07. The van der Waals surface area contributed by atoms with Crippen molar-refractivity contribution in [1.29, 1.82) is 0 Å². The summed E-state index contributed by atoms with van der Waals surface area (Å²) in [5, 5.41) is 0.753. The number of hydrogen-bond acceptors (Lipinski definition) is 1. The van der Waals surface area contributed by atoms with Crippen LogP contribution in [0.2, 0.25) is 0 Å². The summed E-state index contributed by atoms with van der Waals surface area (Å²) in [5.74, 6) is 0. The van der Waals surface area contributed by atoms with Gasteiger partial charge in [-0.15, -0.1) is 0 Å². The van der Waals surface area contributed by atoms with E-state index in [1.165, 1.54) is 0 Å². The second kappa shape index (κ2) is 3.67. The first-order valence-electron chi connectivity index (χ1n) is 2.50. The first-order chi connectivity index (χ1) is 3.68. The van der Waals surface area contributed by atoms with Crippen LogP contribution in [-0.4, -0.2) is 6.21 Å². The molecule has 0 amide bonds. The molecule has 0 atom stereocenters. The van der Waals surface area contributed by atoms with Crippen LogP contribution >= 0.6 is 11.6 Å². The van der Waals surface area contributed by atoms with E-state index in [-0.39, 0.29) is 0 Å². The Kier molecular flexibility index (Phi) is 3.53. The van der Waals surface area contributed by atoms with E-state index in [4.69, 9.17) is 11.6 Å². The fourth-order valence-electron chi connectivity index (χ4n) is 0.283. The predicted octanol–water partition coefficient (Wildman–Crippen LogP) is 2.57. The highest BCUT2D eigenvalue weighted by Crippen LogP contribution is 2.07. The van der Waals surface area contributed by atoms with E-state index in [0.717, 1.165) is 10.7 Å². The van der Waals surface area contributed by atoms with Crippen LogP contribution in [0.5, 0.6) is 0 Å². The maximum Gasteiger partial charge on any atom is 0.0510 e. The number of hydrogen-bond donors (Lipinski definition) is 0. The predicted molar refractivity (Wildman–Crippen MR) is 38.4 cm³/mol. The van der Waals surface area contributed by atoms with Gasteiger partial charge in [-0.05, 0) is 20.8 Å². The summed E-state index contributed by atoms with van der Waals surface area (Å²) in [6.45, 7) is 5.57. The minimum atomic E-state index is 0.753. The molecule has 0 aromatic rings. The molecule has 0 spiro atoms. The minimum absolute atomic E-state index is 0.753. The molecule has 8 heavy (non-hydrogen) atoms. The highest BCUT2D eigenvalue weighted by atomic mass is 35.5. The average Bonchev–Trinajstić information content (AvgIpc) is 1.67. The summed E-state index contributed by atoms with van der Waals surface area (Å²) in [6, 6.07) is 0. The fraction of sp³-hybridized carbons (Fsp3) is 0.500. The zero-order chi connectivity index (χ0) is 6.57. The molecule has 0 aliphatic heterocycles. The number of nitrogens with zero attached hydrogens (tertiary/aromatic N) is 1. The van der Waals surface area contributed by atoms with Crippen LogP contribution in [0.15, 0.2) is 15.7 Å². The molecule has 0 aromatic carbocycles. The molecule has 0 rings (SSSR count). The van der Waals surface area contributed by atoms with Crippen LogP contribution in [0.4, 0.5) is 0 Å². The van der Waals surface area contributed by atoms with Gasteiger partial charge in [0.15, 0.2) is 0 Å². The molecule has 0 radical (unpaired) electrons. The van der Waals surface area contributed by atoms with Crippen LogP contribution in [0.25, 0.3) is 0 Å². The van der Waals surface area contributed by atoms with Crippen molar-refractivity contribution < 1.29 is 0 Å². The van der Waals surface area contributed by atoms with Crippen LogP contribution in [0.1, 0.15) is 20.8 Å². The van der Waals surface area contributed by atoms with Gasteiger partial charge in [0.1, 0.15) is 0 Å². The van der Waals surface area contributed by atoms with E-state index in [9.17, 15) is 0 Å². The zero-order valence-corrected chi connectivity index (χ0v) is 6.16. The molecule has 0 saturated carbocycles. The summed E-state index contributed by atoms with van der Waals surface area (Å²) in [6.07, 6.45) is 1.72. The van der Waals surface area contributed by atoms with Crippen molar-refractivity contribution in [2.24, 2.45) is 4.99 Å². The topological polar surface area (TPSA) is 12.4 Å². The van der Waals surface area contributed by atoms with E-state index in [2.05, 4.69) is 4.99 Å². The van der Waals surface area contributed by atoms with Gasteiger partial charge in [0.05, 0.1) is 5.70 Å². The summed E-state index contributed by atoms with van der Waals surface area (Å²) in [4.78, 5) is 3.95. The number of halogens is 1. The lowest BCUT2D eigenvalue weighted by atomic mass is 10.5. The van der Waals surface area contributed by atoms with Crippen molar-refractivity contribution in [2.45, 2.75) is 20.8 Å². The van der Waals surface area contributed by atoms with Crippen LogP contribution in [0, 0.1) is 0 Å². The molecule has 0 aromatic heterocycles. The second-order valence-electron chi connectivity index (χ2n) is 1.51. The average molecular weight is 132 g/mol. The Morgan fingerprint density at radius 2 is 2.00 bits per heavy atom. The summed E-state index contributed by atoms with van der Waals surface area (Å²) >= 11 is 5.57. The van der Waals surface area contributed by atoms with Crippen molar-refractivity contribution >= 4 is 17.8 Å². The van der Waals surface area contributed by atoms with Crippen molar-refractivity contribution in [1.82, 2.24) is 0 Å². The first-order valence-corrected chi connectivity index (χ1v) is 2.88. The lowest BCUT2D eigenvalue weighted by molar-refractivity contribution is 1.27. The monoisotopic (exact) mass is 131 g/mol. The molecule has 0 bridgehead atoms. The van der Waals surface area contributed by atoms with Crippen LogP contribution in [-0.2, 0) is 0 Å². The van der Waals surface area contributed by atoms with E-state index >= 15 is 0 Å². The fourth-order valence-corrected chi connectivity index (χ4v) is 0.331. The van der Waals surface area contributed by atoms with Gasteiger partial charge in [0.25, 0.3) is 0 Å². The molecule has 0 unspecified atom stereocenters. The molecule has 1 nitrogen and oxygen atoms in total. The Labute approximate surface area is 55.1 Å². The molecule has 0 aliphatic rings. The SMILES string of the molecule is CC=NC(C)=C(C)Cl. The van der Waals surface area contributed by atoms with Gasteiger partial charge in [-0.1, -0.05) is 11.6 Å². The maximum absolute atomic E-state index is 5.57. The van der Waals surface area contributed by atoms with Gasteiger partial charge in [-0.2, -0.15) is 0 Å². The summed E-state index contributed by atoms with van der Waals surface area (Å²) < 4.78 is 0. The Morgan fingerprint density at radius 1 is 1.50 bits per heavy atom. The molecule has 0 saturated heterocycles. The molecule has 0 N–H and O–H groups in total. The minimum Gasteiger partial charge on any atom is -0.265 e. The number of aliphatic imine (C=N–C) groups is 1.